The third-order valence-electron chi connectivity index (χ3n) is 2.83. The fourth-order valence-corrected chi connectivity index (χ4v) is 3.34. The van der Waals surface area contributed by atoms with Crippen molar-refractivity contribution in [1.82, 2.24) is 4.98 Å². The van der Waals surface area contributed by atoms with Crippen molar-refractivity contribution in [3.8, 4) is 11.5 Å². The number of ketones is 1. The number of carbonyl (C=O) groups is 1. The van der Waals surface area contributed by atoms with Gasteiger partial charge in [-0.2, -0.15) is 0 Å². The lowest BCUT2D eigenvalue weighted by atomic mass is 10.2. The van der Waals surface area contributed by atoms with Crippen LogP contribution in [-0.4, -0.2) is 29.7 Å². The highest BCUT2D eigenvalue weighted by Gasteiger charge is 2.31. The smallest absolute Gasteiger partial charge is 0.220 e. The number of fused-ring (bicyclic) bond motifs is 1. The average molecular weight is 308 g/mol. The Labute approximate surface area is 124 Å². The van der Waals surface area contributed by atoms with Crippen LogP contribution in [0.25, 0.3) is 0 Å². The number of thiazole rings is 1. The Kier molecular flexibility index (Phi) is 3.54. The second-order valence-corrected chi connectivity index (χ2v) is 6.18. The van der Waals surface area contributed by atoms with E-state index in [2.05, 4.69) is 4.98 Å². The van der Waals surface area contributed by atoms with E-state index < -0.39 is 6.10 Å². The molecular weight excluding hydrogens is 296 g/mol. The molecule has 0 aliphatic carbocycles. The van der Waals surface area contributed by atoms with E-state index >= 15 is 0 Å². The summed E-state index contributed by atoms with van der Waals surface area (Å²) in [4.78, 5) is 17.0. The van der Waals surface area contributed by atoms with Gasteiger partial charge in [0.05, 0.1) is 0 Å². The number of benzene rings is 1. The number of hydrogen-bond donors (Lipinski definition) is 1. The highest BCUT2D eigenvalue weighted by Crippen LogP contribution is 2.34. The quantitative estimate of drug-likeness (QED) is 0.693. The molecule has 20 heavy (non-hydrogen) atoms. The van der Waals surface area contributed by atoms with Crippen LogP contribution in [0.3, 0.4) is 0 Å². The first-order valence-electron chi connectivity index (χ1n) is 5.92. The summed E-state index contributed by atoms with van der Waals surface area (Å²) in [5, 5.41) is 0. The summed E-state index contributed by atoms with van der Waals surface area (Å²) in [6, 6.07) is 7.28. The molecular formula is C13H12N2O3S2. The van der Waals surface area contributed by atoms with Crippen molar-refractivity contribution in [1.29, 1.82) is 0 Å². The van der Waals surface area contributed by atoms with Crippen molar-refractivity contribution < 1.29 is 14.3 Å². The molecule has 7 heteroatoms. The molecule has 1 aliphatic heterocycles. The molecule has 0 amide bonds. The fourth-order valence-electron chi connectivity index (χ4n) is 1.87. The maximum Gasteiger partial charge on any atom is 0.220 e. The van der Waals surface area contributed by atoms with Crippen molar-refractivity contribution in [2.45, 2.75) is 10.4 Å². The van der Waals surface area contributed by atoms with E-state index in [0.717, 1.165) is 4.34 Å². The Morgan fingerprint density at radius 2 is 2.20 bits per heavy atom. The zero-order valence-electron chi connectivity index (χ0n) is 10.7. The van der Waals surface area contributed by atoms with Crippen molar-refractivity contribution in [2.24, 2.45) is 0 Å². The zero-order chi connectivity index (χ0) is 14.1. The van der Waals surface area contributed by atoms with Gasteiger partial charge in [0.2, 0.25) is 5.78 Å². The van der Waals surface area contributed by atoms with Crippen molar-refractivity contribution in [3.63, 3.8) is 0 Å². The SMILES string of the molecule is CSc1nc(N)c(C(=O)C2COc3ccccc3O2)s1. The maximum atomic E-state index is 12.4. The number of nitrogens with two attached hydrogens (primary N) is 1. The van der Waals surface area contributed by atoms with Crippen molar-refractivity contribution >= 4 is 34.7 Å². The van der Waals surface area contributed by atoms with E-state index in [0.29, 0.717) is 16.4 Å². The standard InChI is InChI=1S/C13H12N2O3S2/c1-19-13-15-12(14)11(20-13)10(16)9-6-17-7-4-2-3-5-8(7)18-9/h2-5,9H,6,14H2,1H3. The van der Waals surface area contributed by atoms with Crippen LogP contribution >= 0.6 is 23.1 Å². The number of aromatic nitrogens is 1. The monoisotopic (exact) mass is 308 g/mol. The van der Waals surface area contributed by atoms with Crippen LogP contribution in [0, 0.1) is 0 Å². The summed E-state index contributed by atoms with van der Waals surface area (Å²) >= 11 is 2.74. The van der Waals surface area contributed by atoms with Gasteiger partial charge in [0.15, 0.2) is 21.9 Å². The van der Waals surface area contributed by atoms with Crippen LogP contribution in [0.4, 0.5) is 5.82 Å². The van der Waals surface area contributed by atoms with Gasteiger partial charge in [-0.1, -0.05) is 23.9 Å². The first kappa shape index (κ1) is 13.3. The van der Waals surface area contributed by atoms with Crippen molar-refractivity contribution in [2.75, 3.05) is 18.6 Å². The van der Waals surface area contributed by atoms with Gasteiger partial charge >= 0.3 is 0 Å². The molecule has 3 rings (SSSR count). The predicted octanol–water partition coefficient (Wildman–Crippen LogP) is 2.47. The molecule has 0 radical (unpaired) electrons. The molecule has 1 unspecified atom stereocenters. The average Bonchev–Trinajstić information content (AvgIpc) is 2.87. The van der Waals surface area contributed by atoms with Gasteiger partial charge in [-0.3, -0.25) is 4.79 Å². The van der Waals surface area contributed by atoms with E-state index in [4.69, 9.17) is 15.2 Å². The van der Waals surface area contributed by atoms with Gasteiger partial charge in [-0.05, 0) is 18.4 Å². The molecule has 5 nitrogen and oxygen atoms in total. The Hall–Kier alpha value is -1.73. The van der Waals surface area contributed by atoms with Crippen LogP contribution in [0.1, 0.15) is 9.67 Å². The predicted molar refractivity (Wildman–Crippen MR) is 79.0 cm³/mol. The maximum absolute atomic E-state index is 12.4. The number of rotatable bonds is 3. The third-order valence-corrected chi connectivity index (χ3v) is 4.90. The van der Waals surface area contributed by atoms with Gasteiger partial charge in [-0.15, -0.1) is 11.3 Å². The Bertz CT molecular complexity index is 657. The molecule has 1 aliphatic rings. The lowest BCUT2D eigenvalue weighted by Crippen LogP contribution is -2.36. The van der Waals surface area contributed by atoms with Crippen LogP contribution < -0.4 is 15.2 Å². The summed E-state index contributed by atoms with van der Waals surface area (Å²) in [6.07, 6.45) is 1.21. The molecule has 0 fully saturated rings. The molecule has 2 heterocycles. The second-order valence-electron chi connectivity index (χ2n) is 4.13. The Morgan fingerprint density at radius 3 is 2.90 bits per heavy atom. The van der Waals surface area contributed by atoms with Gasteiger partial charge in [0, 0.05) is 0 Å². The molecule has 1 aromatic heterocycles. The van der Waals surface area contributed by atoms with Crippen LogP contribution in [0.15, 0.2) is 28.6 Å². The number of nitrogen functional groups attached to an aromatic ring is 1. The number of nitrogens with zero attached hydrogens (tertiary/aromatic N) is 1. The minimum absolute atomic E-state index is 0.182. The largest absolute Gasteiger partial charge is 0.485 e. The zero-order valence-corrected chi connectivity index (χ0v) is 12.3. The van der Waals surface area contributed by atoms with Crippen LogP contribution in [-0.2, 0) is 0 Å². The Balaban J connectivity index is 1.84. The summed E-state index contributed by atoms with van der Waals surface area (Å²) < 4.78 is 12.0. The minimum atomic E-state index is -0.678. The van der Waals surface area contributed by atoms with Crippen LogP contribution in [0.2, 0.25) is 0 Å². The van der Waals surface area contributed by atoms with Gasteiger partial charge < -0.3 is 15.2 Å². The van der Waals surface area contributed by atoms with E-state index in [9.17, 15) is 4.79 Å². The first-order valence-corrected chi connectivity index (χ1v) is 7.96. The third kappa shape index (κ3) is 2.34. The molecule has 104 valence electrons. The number of thioether (sulfide) groups is 1. The van der Waals surface area contributed by atoms with E-state index in [1.165, 1.54) is 23.1 Å². The number of hydrogen-bond acceptors (Lipinski definition) is 7. The summed E-state index contributed by atoms with van der Waals surface area (Å²) in [5.41, 5.74) is 5.79. The number of para-hydroxylation sites is 2. The molecule has 1 aromatic carbocycles. The lowest BCUT2D eigenvalue weighted by molar-refractivity contribution is 0.0590. The van der Waals surface area contributed by atoms with Gasteiger partial charge in [0.25, 0.3) is 0 Å². The lowest BCUT2D eigenvalue weighted by Gasteiger charge is -2.25. The van der Waals surface area contributed by atoms with Gasteiger partial charge in [0.1, 0.15) is 17.3 Å². The van der Waals surface area contributed by atoms with E-state index in [1.54, 1.807) is 6.07 Å². The highest BCUT2D eigenvalue weighted by atomic mass is 32.2. The minimum Gasteiger partial charge on any atom is -0.485 e. The first-order chi connectivity index (χ1) is 9.69. The molecule has 2 N–H and O–H groups in total. The molecule has 0 saturated heterocycles. The highest BCUT2D eigenvalue weighted by molar-refractivity contribution is 8.00. The van der Waals surface area contributed by atoms with E-state index in [-0.39, 0.29) is 18.2 Å². The fraction of sp³-hybridized carbons (Fsp3) is 0.231. The molecule has 0 spiro atoms. The number of carbonyl (C=O) groups excluding carboxylic acids is 1. The topological polar surface area (TPSA) is 74.4 Å². The number of anilines is 1. The Morgan fingerprint density at radius 1 is 1.45 bits per heavy atom. The summed E-state index contributed by atoms with van der Waals surface area (Å²) in [6.45, 7) is 0.182. The number of ether oxygens (including phenoxy) is 2. The number of Topliss-reactive ketones (excluding diaryl/α,β-unsaturated/α-hetero) is 1. The van der Waals surface area contributed by atoms with Crippen molar-refractivity contribution in [3.05, 3.63) is 29.1 Å². The molecule has 2 aromatic rings. The summed E-state index contributed by atoms with van der Waals surface area (Å²) in [5.74, 6) is 1.30. The second kappa shape index (κ2) is 5.34. The molecule has 0 saturated carbocycles. The molecule has 1 atom stereocenters. The normalized spacial score (nSPS) is 16.9. The molecule has 0 bridgehead atoms. The van der Waals surface area contributed by atoms with E-state index in [1.807, 2.05) is 24.5 Å². The summed E-state index contributed by atoms with van der Waals surface area (Å²) in [7, 11) is 0. The van der Waals surface area contributed by atoms with Gasteiger partial charge in [-0.25, -0.2) is 4.98 Å². The van der Waals surface area contributed by atoms with Crippen LogP contribution in [0.5, 0.6) is 11.5 Å².